The van der Waals surface area contributed by atoms with Gasteiger partial charge in [0.15, 0.2) is 0 Å². The van der Waals surface area contributed by atoms with Crippen LogP contribution in [0.15, 0.2) is 0 Å². The predicted molar refractivity (Wildman–Crippen MR) is 76.5 cm³/mol. The van der Waals surface area contributed by atoms with E-state index in [1.54, 1.807) is 0 Å². The summed E-state index contributed by atoms with van der Waals surface area (Å²) >= 11 is 0. The van der Waals surface area contributed by atoms with E-state index in [-0.39, 0.29) is 11.9 Å². The van der Waals surface area contributed by atoms with Gasteiger partial charge in [-0.15, -0.1) is 0 Å². The molecule has 18 heavy (non-hydrogen) atoms. The van der Waals surface area contributed by atoms with Crippen LogP contribution in [0, 0.1) is 11.3 Å². The van der Waals surface area contributed by atoms with E-state index in [0.29, 0.717) is 23.9 Å². The van der Waals surface area contributed by atoms with E-state index in [1.807, 2.05) is 13.8 Å². The monoisotopic (exact) mass is 254 g/mol. The number of hydrogen-bond acceptors (Lipinski definition) is 2. The SMILES string of the molecule is CCNC(=O)C(C)NC1CCCCC1C(C)(C)C. The Morgan fingerprint density at radius 2 is 1.89 bits per heavy atom. The van der Waals surface area contributed by atoms with Crippen LogP contribution in [0.25, 0.3) is 0 Å². The third-order valence-electron chi connectivity index (χ3n) is 4.09. The lowest BCUT2D eigenvalue weighted by molar-refractivity contribution is -0.123. The lowest BCUT2D eigenvalue weighted by Gasteiger charge is -2.41. The maximum atomic E-state index is 11.8. The summed E-state index contributed by atoms with van der Waals surface area (Å²) in [4.78, 5) is 11.8. The summed E-state index contributed by atoms with van der Waals surface area (Å²) < 4.78 is 0. The van der Waals surface area contributed by atoms with Gasteiger partial charge in [0, 0.05) is 12.6 Å². The van der Waals surface area contributed by atoms with Crippen LogP contribution in [-0.4, -0.2) is 24.5 Å². The van der Waals surface area contributed by atoms with Gasteiger partial charge in [0.1, 0.15) is 0 Å². The van der Waals surface area contributed by atoms with Gasteiger partial charge in [-0.3, -0.25) is 4.79 Å². The highest BCUT2D eigenvalue weighted by Crippen LogP contribution is 2.38. The van der Waals surface area contributed by atoms with Gasteiger partial charge < -0.3 is 10.6 Å². The minimum Gasteiger partial charge on any atom is -0.355 e. The number of hydrogen-bond donors (Lipinski definition) is 2. The zero-order valence-corrected chi connectivity index (χ0v) is 12.7. The third-order valence-corrected chi connectivity index (χ3v) is 4.09. The van der Waals surface area contributed by atoms with Gasteiger partial charge in [-0.2, -0.15) is 0 Å². The van der Waals surface area contributed by atoms with Crippen molar-refractivity contribution in [1.82, 2.24) is 10.6 Å². The Balaban J connectivity index is 2.59. The normalized spacial score (nSPS) is 26.7. The first kappa shape index (κ1) is 15.5. The third kappa shape index (κ3) is 4.27. The number of carbonyl (C=O) groups excluding carboxylic acids is 1. The van der Waals surface area contributed by atoms with Crippen LogP contribution in [0.2, 0.25) is 0 Å². The fourth-order valence-corrected chi connectivity index (χ4v) is 3.09. The van der Waals surface area contributed by atoms with Crippen molar-refractivity contribution in [2.75, 3.05) is 6.54 Å². The van der Waals surface area contributed by atoms with Crippen LogP contribution in [0.4, 0.5) is 0 Å². The Labute approximate surface area is 112 Å². The van der Waals surface area contributed by atoms with E-state index in [4.69, 9.17) is 0 Å². The van der Waals surface area contributed by atoms with Crippen LogP contribution in [0.5, 0.6) is 0 Å². The van der Waals surface area contributed by atoms with Crippen LogP contribution >= 0.6 is 0 Å². The molecule has 1 amide bonds. The van der Waals surface area contributed by atoms with Crippen molar-refractivity contribution in [3.8, 4) is 0 Å². The van der Waals surface area contributed by atoms with Crippen LogP contribution in [0.3, 0.4) is 0 Å². The highest BCUT2D eigenvalue weighted by Gasteiger charge is 2.35. The maximum absolute atomic E-state index is 11.8. The van der Waals surface area contributed by atoms with Gasteiger partial charge in [0.25, 0.3) is 0 Å². The molecule has 0 aromatic carbocycles. The minimum atomic E-state index is -0.0853. The van der Waals surface area contributed by atoms with Crippen LogP contribution < -0.4 is 10.6 Å². The molecule has 2 N–H and O–H groups in total. The first-order chi connectivity index (χ1) is 8.36. The summed E-state index contributed by atoms with van der Waals surface area (Å²) in [5.74, 6) is 0.791. The molecule has 3 unspecified atom stereocenters. The molecule has 0 bridgehead atoms. The van der Waals surface area contributed by atoms with Crippen molar-refractivity contribution in [3.05, 3.63) is 0 Å². The molecule has 0 radical (unpaired) electrons. The quantitative estimate of drug-likeness (QED) is 0.810. The summed E-state index contributed by atoms with van der Waals surface area (Å²) in [6.07, 6.45) is 5.09. The van der Waals surface area contributed by atoms with Crippen molar-refractivity contribution < 1.29 is 4.79 Å². The van der Waals surface area contributed by atoms with E-state index in [2.05, 4.69) is 31.4 Å². The average molecular weight is 254 g/mol. The highest BCUT2D eigenvalue weighted by molar-refractivity contribution is 5.81. The lowest BCUT2D eigenvalue weighted by Crippen LogP contribution is -2.52. The minimum absolute atomic E-state index is 0.0853. The molecule has 0 aliphatic heterocycles. The van der Waals surface area contributed by atoms with Gasteiger partial charge in [0.05, 0.1) is 6.04 Å². The Bertz CT molecular complexity index is 270. The van der Waals surface area contributed by atoms with Gasteiger partial charge in [0.2, 0.25) is 5.91 Å². The highest BCUT2D eigenvalue weighted by atomic mass is 16.2. The lowest BCUT2D eigenvalue weighted by atomic mass is 9.69. The smallest absolute Gasteiger partial charge is 0.236 e. The van der Waals surface area contributed by atoms with Gasteiger partial charge in [-0.05, 0) is 38.0 Å². The molecule has 0 heterocycles. The number of rotatable bonds is 4. The Morgan fingerprint density at radius 3 is 2.44 bits per heavy atom. The molecule has 1 aliphatic rings. The molecule has 0 aromatic heterocycles. The van der Waals surface area contributed by atoms with E-state index >= 15 is 0 Å². The van der Waals surface area contributed by atoms with Crippen LogP contribution in [0.1, 0.15) is 60.3 Å². The largest absolute Gasteiger partial charge is 0.355 e. The topological polar surface area (TPSA) is 41.1 Å². The van der Waals surface area contributed by atoms with Crippen molar-refractivity contribution in [2.45, 2.75) is 72.4 Å². The van der Waals surface area contributed by atoms with E-state index in [9.17, 15) is 4.79 Å². The van der Waals surface area contributed by atoms with Crippen molar-refractivity contribution in [2.24, 2.45) is 11.3 Å². The fourth-order valence-electron chi connectivity index (χ4n) is 3.09. The number of carbonyl (C=O) groups is 1. The second-order valence-electron chi connectivity index (χ2n) is 6.65. The molecule has 3 atom stereocenters. The molecule has 0 spiro atoms. The van der Waals surface area contributed by atoms with Crippen molar-refractivity contribution >= 4 is 5.91 Å². The van der Waals surface area contributed by atoms with Gasteiger partial charge >= 0.3 is 0 Å². The number of likely N-dealkylation sites (N-methyl/N-ethyl adjacent to an activating group) is 1. The molecule has 106 valence electrons. The molecule has 1 rings (SSSR count). The Morgan fingerprint density at radius 1 is 1.28 bits per heavy atom. The summed E-state index contributed by atoms with van der Waals surface area (Å²) in [5.41, 5.74) is 0.318. The summed E-state index contributed by atoms with van der Waals surface area (Å²) in [6, 6.07) is 0.397. The summed E-state index contributed by atoms with van der Waals surface area (Å²) in [6.45, 7) is 11.6. The molecule has 0 saturated heterocycles. The average Bonchev–Trinajstić information content (AvgIpc) is 2.28. The summed E-state index contributed by atoms with van der Waals surface area (Å²) in [5, 5.41) is 6.43. The van der Waals surface area contributed by atoms with E-state index in [0.717, 1.165) is 0 Å². The van der Waals surface area contributed by atoms with Gasteiger partial charge in [-0.1, -0.05) is 33.6 Å². The van der Waals surface area contributed by atoms with Gasteiger partial charge in [-0.25, -0.2) is 0 Å². The molecule has 3 nitrogen and oxygen atoms in total. The molecule has 1 aliphatic carbocycles. The maximum Gasteiger partial charge on any atom is 0.236 e. The van der Waals surface area contributed by atoms with E-state index < -0.39 is 0 Å². The zero-order chi connectivity index (χ0) is 13.8. The summed E-state index contributed by atoms with van der Waals surface area (Å²) in [7, 11) is 0. The zero-order valence-electron chi connectivity index (χ0n) is 12.7. The fraction of sp³-hybridized carbons (Fsp3) is 0.933. The Hall–Kier alpha value is -0.570. The molecule has 3 heteroatoms. The first-order valence-electron chi connectivity index (χ1n) is 7.40. The molecule has 0 aromatic rings. The number of amides is 1. The number of nitrogens with one attached hydrogen (secondary N) is 2. The molecule has 1 fully saturated rings. The predicted octanol–water partition coefficient (Wildman–Crippen LogP) is 2.71. The van der Waals surface area contributed by atoms with Crippen molar-refractivity contribution in [1.29, 1.82) is 0 Å². The molecule has 1 saturated carbocycles. The van der Waals surface area contributed by atoms with Crippen molar-refractivity contribution in [3.63, 3.8) is 0 Å². The first-order valence-corrected chi connectivity index (χ1v) is 7.40. The second kappa shape index (κ2) is 6.55. The molecular formula is C15H30N2O. The second-order valence-corrected chi connectivity index (χ2v) is 6.65. The standard InChI is InChI=1S/C15H30N2O/c1-6-16-14(18)11(2)17-13-10-8-7-9-12(13)15(3,4)5/h11-13,17H,6-10H2,1-5H3,(H,16,18). The molecular weight excluding hydrogens is 224 g/mol. The Kier molecular flexibility index (Phi) is 5.64. The van der Waals surface area contributed by atoms with Crippen LogP contribution in [-0.2, 0) is 4.79 Å². The van der Waals surface area contributed by atoms with E-state index in [1.165, 1.54) is 25.7 Å².